The van der Waals surface area contributed by atoms with E-state index < -0.39 is 11.7 Å². The van der Waals surface area contributed by atoms with Crippen molar-refractivity contribution in [2.75, 3.05) is 14.1 Å². The lowest BCUT2D eigenvalue weighted by Gasteiger charge is -2.13. The summed E-state index contributed by atoms with van der Waals surface area (Å²) < 4.78 is 49.2. The molecule has 0 saturated heterocycles. The monoisotopic (exact) mass is 515 g/mol. The van der Waals surface area contributed by atoms with Gasteiger partial charge in [-0.05, 0) is 42.0 Å². The molecule has 0 radical (unpaired) electrons. The van der Waals surface area contributed by atoms with Gasteiger partial charge in [-0.25, -0.2) is 0 Å². The highest BCUT2D eigenvalue weighted by Gasteiger charge is 2.34. The summed E-state index contributed by atoms with van der Waals surface area (Å²) in [5.74, 6) is 0.794. The van der Waals surface area contributed by atoms with E-state index in [1.54, 1.807) is 67.3 Å². The SMILES string of the molecule is CN(C)C(=O)c1cccc(Oc2cccc(-c3c4cccc(C(F)(F)F)c4nn3Cc3ccccc3)c2)c1. The second kappa shape index (κ2) is 10.0. The molecule has 0 N–H and O–H groups in total. The number of benzene rings is 4. The van der Waals surface area contributed by atoms with Gasteiger partial charge in [0, 0.05) is 30.6 Å². The van der Waals surface area contributed by atoms with Crippen LogP contribution in [0.15, 0.2) is 97.1 Å². The van der Waals surface area contributed by atoms with E-state index in [0.29, 0.717) is 40.3 Å². The summed E-state index contributed by atoms with van der Waals surface area (Å²) in [5.41, 5.74) is 1.71. The number of carbonyl (C=O) groups is 1. The van der Waals surface area contributed by atoms with Crippen molar-refractivity contribution in [3.63, 3.8) is 0 Å². The van der Waals surface area contributed by atoms with E-state index in [4.69, 9.17) is 4.74 Å². The molecule has 1 amide bonds. The van der Waals surface area contributed by atoms with Crippen LogP contribution in [0.3, 0.4) is 0 Å². The average Bonchev–Trinajstić information content (AvgIpc) is 3.26. The summed E-state index contributed by atoms with van der Waals surface area (Å²) >= 11 is 0. The molecule has 5 aromatic rings. The number of hydrogen-bond donors (Lipinski definition) is 0. The lowest BCUT2D eigenvalue weighted by Crippen LogP contribution is -2.21. The maximum absolute atomic E-state index is 13.8. The van der Waals surface area contributed by atoms with Crippen molar-refractivity contribution in [2.24, 2.45) is 0 Å². The van der Waals surface area contributed by atoms with Gasteiger partial charge in [-0.3, -0.25) is 9.48 Å². The molecule has 5 nitrogen and oxygen atoms in total. The topological polar surface area (TPSA) is 47.4 Å². The van der Waals surface area contributed by atoms with Crippen molar-refractivity contribution in [3.8, 4) is 22.8 Å². The normalized spacial score (nSPS) is 11.5. The summed E-state index contributed by atoms with van der Waals surface area (Å²) in [7, 11) is 3.35. The Hall–Kier alpha value is -4.59. The van der Waals surface area contributed by atoms with E-state index in [0.717, 1.165) is 11.6 Å². The Morgan fingerprint density at radius 1 is 0.868 bits per heavy atom. The Morgan fingerprint density at radius 3 is 2.26 bits per heavy atom. The number of carbonyl (C=O) groups excluding carboxylic acids is 1. The summed E-state index contributed by atoms with van der Waals surface area (Å²) in [6.45, 7) is 0.294. The zero-order chi connectivity index (χ0) is 26.9. The Balaban J connectivity index is 1.59. The van der Waals surface area contributed by atoms with Gasteiger partial charge in [0.15, 0.2) is 0 Å². The third kappa shape index (κ3) is 5.11. The second-order valence-corrected chi connectivity index (χ2v) is 9.05. The van der Waals surface area contributed by atoms with Gasteiger partial charge in [-0.2, -0.15) is 18.3 Å². The molecule has 0 fully saturated rings. The highest BCUT2D eigenvalue weighted by atomic mass is 19.4. The predicted octanol–water partition coefficient (Wildman–Crippen LogP) is 7.26. The van der Waals surface area contributed by atoms with Gasteiger partial charge in [0.1, 0.15) is 17.0 Å². The number of fused-ring (bicyclic) bond motifs is 1. The number of alkyl halides is 3. The molecule has 38 heavy (non-hydrogen) atoms. The summed E-state index contributed by atoms with van der Waals surface area (Å²) in [4.78, 5) is 13.8. The highest BCUT2D eigenvalue weighted by Crippen LogP contribution is 2.39. The van der Waals surface area contributed by atoms with Crippen LogP contribution in [0.1, 0.15) is 21.5 Å². The first-order chi connectivity index (χ1) is 18.2. The van der Waals surface area contributed by atoms with Gasteiger partial charge in [0.2, 0.25) is 0 Å². The first-order valence-corrected chi connectivity index (χ1v) is 11.9. The molecule has 0 saturated carbocycles. The molecule has 1 heterocycles. The molecule has 0 atom stereocenters. The van der Waals surface area contributed by atoms with Gasteiger partial charge in [-0.15, -0.1) is 0 Å². The minimum Gasteiger partial charge on any atom is -0.457 e. The number of nitrogens with zero attached hydrogens (tertiary/aromatic N) is 3. The van der Waals surface area contributed by atoms with Gasteiger partial charge in [-0.1, -0.05) is 60.7 Å². The highest BCUT2D eigenvalue weighted by molar-refractivity contribution is 5.96. The van der Waals surface area contributed by atoms with Gasteiger partial charge < -0.3 is 9.64 Å². The standard InChI is InChI=1S/C30H24F3N3O2/c1-35(2)29(37)22-12-7-14-24(18-22)38-23-13-6-11-21(17-23)28-25-15-8-16-26(30(31,32)33)27(25)34-36(28)19-20-9-4-3-5-10-20/h3-18H,19H2,1-2H3. The number of hydrogen-bond acceptors (Lipinski definition) is 3. The summed E-state index contributed by atoms with van der Waals surface area (Å²) in [6, 6.07) is 27.5. The van der Waals surface area contributed by atoms with Crippen LogP contribution in [0.5, 0.6) is 11.5 Å². The lowest BCUT2D eigenvalue weighted by molar-refractivity contribution is -0.136. The van der Waals surface area contributed by atoms with Gasteiger partial charge >= 0.3 is 6.18 Å². The van der Waals surface area contributed by atoms with Crippen LogP contribution in [0.2, 0.25) is 0 Å². The molecule has 0 aliphatic carbocycles. The predicted molar refractivity (Wildman–Crippen MR) is 140 cm³/mol. The maximum atomic E-state index is 13.8. The van der Waals surface area contributed by atoms with Gasteiger partial charge in [0.05, 0.1) is 17.8 Å². The molecule has 1 aromatic heterocycles. The van der Waals surface area contributed by atoms with E-state index in [1.165, 1.54) is 11.0 Å². The quantitative estimate of drug-likeness (QED) is 0.239. The van der Waals surface area contributed by atoms with Crippen molar-refractivity contribution in [2.45, 2.75) is 12.7 Å². The fourth-order valence-corrected chi connectivity index (χ4v) is 4.35. The van der Waals surface area contributed by atoms with Crippen LogP contribution < -0.4 is 4.74 Å². The van der Waals surface area contributed by atoms with Crippen LogP contribution in [0.25, 0.3) is 22.2 Å². The van der Waals surface area contributed by atoms with E-state index in [1.807, 2.05) is 36.4 Å². The van der Waals surface area contributed by atoms with Crippen molar-refractivity contribution in [1.82, 2.24) is 14.7 Å². The molecular formula is C30H24F3N3O2. The molecule has 0 unspecified atom stereocenters. The number of amides is 1. The molecule has 0 bridgehead atoms. The smallest absolute Gasteiger partial charge is 0.418 e. The molecule has 0 aliphatic rings. The number of ether oxygens (including phenoxy) is 1. The number of halogens is 3. The zero-order valence-electron chi connectivity index (χ0n) is 20.7. The van der Waals surface area contributed by atoms with Crippen LogP contribution in [-0.4, -0.2) is 34.7 Å². The number of aromatic nitrogens is 2. The number of rotatable bonds is 6. The first-order valence-electron chi connectivity index (χ1n) is 11.9. The second-order valence-electron chi connectivity index (χ2n) is 9.05. The first kappa shape index (κ1) is 25.1. The van der Waals surface area contributed by atoms with Crippen LogP contribution in [-0.2, 0) is 12.7 Å². The zero-order valence-corrected chi connectivity index (χ0v) is 20.7. The Kier molecular flexibility index (Phi) is 6.63. The molecule has 192 valence electrons. The summed E-state index contributed by atoms with van der Waals surface area (Å²) in [5, 5.41) is 4.82. The Bertz CT molecular complexity index is 1610. The van der Waals surface area contributed by atoms with Crippen molar-refractivity contribution >= 4 is 16.8 Å². The van der Waals surface area contributed by atoms with Crippen molar-refractivity contribution in [3.05, 3.63) is 114 Å². The van der Waals surface area contributed by atoms with E-state index in [9.17, 15) is 18.0 Å². The fourth-order valence-electron chi connectivity index (χ4n) is 4.35. The third-order valence-corrected chi connectivity index (χ3v) is 6.08. The van der Waals surface area contributed by atoms with Crippen LogP contribution >= 0.6 is 0 Å². The van der Waals surface area contributed by atoms with E-state index in [2.05, 4.69) is 5.10 Å². The molecular weight excluding hydrogens is 491 g/mol. The van der Waals surface area contributed by atoms with E-state index in [-0.39, 0.29) is 11.4 Å². The maximum Gasteiger partial charge on any atom is 0.418 e. The molecule has 8 heteroatoms. The van der Waals surface area contributed by atoms with E-state index >= 15 is 0 Å². The molecule has 0 aliphatic heterocycles. The van der Waals surface area contributed by atoms with Crippen LogP contribution in [0.4, 0.5) is 13.2 Å². The van der Waals surface area contributed by atoms with Crippen LogP contribution in [0, 0.1) is 0 Å². The largest absolute Gasteiger partial charge is 0.457 e. The van der Waals surface area contributed by atoms with Gasteiger partial charge in [0.25, 0.3) is 5.91 Å². The summed E-state index contributed by atoms with van der Waals surface area (Å²) in [6.07, 6.45) is -4.54. The molecule has 0 spiro atoms. The molecule has 4 aromatic carbocycles. The van der Waals surface area contributed by atoms with Crippen molar-refractivity contribution in [1.29, 1.82) is 0 Å². The lowest BCUT2D eigenvalue weighted by atomic mass is 10.0. The minimum absolute atomic E-state index is 0.104. The fraction of sp³-hybridized carbons (Fsp3) is 0.133. The van der Waals surface area contributed by atoms with Crippen molar-refractivity contribution < 1.29 is 22.7 Å². The third-order valence-electron chi connectivity index (χ3n) is 6.08. The Morgan fingerprint density at radius 2 is 1.55 bits per heavy atom. The Labute approximate surface area is 217 Å². The average molecular weight is 516 g/mol. The molecule has 5 rings (SSSR count). The minimum atomic E-state index is -4.54.